The summed E-state index contributed by atoms with van der Waals surface area (Å²) < 4.78 is 3.54. The summed E-state index contributed by atoms with van der Waals surface area (Å²) in [6.45, 7) is 0.973. The molecule has 3 heteroatoms. The normalized spacial score (nSPS) is 20.3. The Bertz CT molecular complexity index is 378. The van der Waals surface area contributed by atoms with E-state index in [2.05, 4.69) is 66.4 Å². The Morgan fingerprint density at radius 2 is 2.19 bits per heavy atom. The zero-order valence-electron chi connectivity index (χ0n) is 9.27. The van der Waals surface area contributed by atoms with E-state index in [0.717, 1.165) is 6.54 Å². The van der Waals surface area contributed by atoms with Gasteiger partial charge in [0.15, 0.2) is 0 Å². The summed E-state index contributed by atoms with van der Waals surface area (Å²) in [5, 5.41) is 0. The average Bonchev–Trinajstić information content (AvgIpc) is 2.33. The first-order valence-electron chi connectivity index (χ1n) is 5.69. The SMILES string of the molecule is PN(Cc1ccccc1Br)C1C=CCCC1. The van der Waals surface area contributed by atoms with E-state index in [4.69, 9.17) is 0 Å². The molecule has 2 atom stereocenters. The Kier molecular flexibility index (Phi) is 4.57. The number of hydrogen-bond donors (Lipinski definition) is 0. The fourth-order valence-corrected chi connectivity index (χ4v) is 2.87. The molecule has 1 nitrogen and oxygen atoms in total. The molecule has 0 spiro atoms. The molecule has 0 bridgehead atoms. The van der Waals surface area contributed by atoms with Crippen molar-refractivity contribution in [2.75, 3.05) is 0 Å². The van der Waals surface area contributed by atoms with Gasteiger partial charge in [-0.25, -0.2) is 0 Å². The number of halogens is 1. The molecular weight excluding hydrogens is 281 g/mol. The highest BCUT2D eigenvalue weighted by Gasteiger charge is 2.14. The maximum Gasteiger partial charge on any atom is 0.0313 e. The quantitative estimate of drug-likeness (QED) is 0.598. The Hall–Kier alpha value is -0.170. The minimum absolute atomic E-state index is 0.575. The highest BCUT2D eigenvalue weighted by molar-refractivity contribution is 9.10. The van der Waals surface area contributed by atoms with E-state index in [0.29, 0.717) is 6.04 Å². The summed E-state index contributed by atoms with van der Waals surface area (Å²) in [4.78, 5) is 0. The third-order valence-corrected chi connectivity index (χ3v) is 4.30. The van der Waals surface area contributed by atoms with Crippen molar-refractivity contribution in [3.8, 4) is 0 Å². The second kappa shape index (κ2) is 5.95. The molecule has 1 aromatic rings. The predicted molar refractivity (Wildman–Crippen MR) is 76.2 cm³/mol. The Labute approximate surface area is 108 Å². The number of hydrogen-bond acceptors (Lipinski definition) is 1. The first kappa shape index (κ1) is 12.3. The molecule has 1 aliphatic rings. The predicted octanol–water partition coefficient (Wildman–Crippen LogP) is 4.15. The van der Waals surface area contributed by atoms with Gasteiger partial charge in [0.05, 0.1) is 0 Å². The van der Waals surface area contributed by atoms with Crippen molar-refractivity contribution in [2.45, 2.75) is 31.8 Å². The van der Waals surface area contributed by atoms with Crippen LogP contribution in [0.3, 0.4) is 0 Å². The highest BCUT2D eigenvalue weighted by atomic mass is 79.9. The second-order valence-corrected chi connectivity index (χ2v) is 5.71. The number of rotatable bonds is 3. The molecule has 1 aliphatic carbocycles. The van der Waals surface area contributed by atoms with E-state index in [-0.39, 0.29) is 0 Å². The van der Waals surface area contributed by atoms with Gasteiger partial charge in [-0.05, 0) is 30.9 Å². The van der Waals surface area contributed by atoms with Crippen LogP contribution in [0.2, 0.25) is 0 Å². The average molecular weight is 298 g/mol. The van der Waals surface area contributed by atoms with Crippen molar-refractivity contribution >= 4 is 25.3 Å². The molecule has 2 rings (SSSR count). The maximum absolute atomic E-state index is 3.59. The minimum atomic E-state index is 0.575. The van der Waals surface area contributed by atoms with Crippen molar-refractivity contribution < 1.29 is 0 Å². The zero-order valence-corrected chi connectivity index (χ0v) is 12.0. The van der Waals surface area contributed by atoms with Crippen LogP contribution in [0.5, 0.6) is 0 Å². The lowest BCUT2D eigenvalue weighted by Gasteiger charge is -2.27. The summed E-state index contributed by atoms with van der Waals surface area (Å²) in [5.41, 5.74) is 1.34. The van der Waals surface area contributed by atoms with E-state index < -0.39 is 0 Å². The maximum atomic E-state index is 3.59. The van der Waals surface area contributed by atoms with Crippen LogP contribution in [0.25, 0.3) is 0 Å². The van der Waals surface area contributed by atoms with Gasteiger partial charge in [-0.15, -0.1) is 0 Å². The molecule has 1 aromatic carbocycles. The third kappa shape index (κ3) is 3.16. The van der Waals surface area contributed by atoms with Crippen molar-refractivity contribution in [1.29, 1.82) is 0 Å². The van der Waals surface area contributed by atoms with Gasteiger partial charge in [0, 0.05) is 17.1 Å². The first-order chi connectivity index (χ1) is 7.77. The van der Waals surface area contributed by atoms with E-state index in [1.807, 2.05) is 0 Å². The van der Waals surface area contributed by atoms with Gasteiger partial charge >= 0.3 is 0 Å². The van der Waals surface area contributed by atoms with Crippen LogP contribution in [0.15, 0.2) is 40.9 Å². The lowest BCUT2D eigenvalue weighted by Crippen LogP contribution is -2.25. The number of allylic oxidation sites excluding steroid dienone is 1. The third-order valence-electron chi connectivity index (χ3n) is 2.97. The summed E-state index contributed by atoms with van der Waals surface area (Å²) >= 11 is 3.59. The highest BCUT2D eigenvalue weighted by Crippen LogP contribution is 2.24. The van der Waals surface area contributed by atoms with E-state index in [9.17, 15) is 0 Å². The van der Waals surface area contributed by atoms with Gasteiger partial charge in [-0.3, -0.25) is 4.67 Å². The largest absolute Gasteiger partial charge is 0.276 e. The first-order valence-corrected chi connectivity index (χ1v) is 7.00. The summed E-state index contributed by atoms with van der Waals surface area (Å²) in [6.07, 6.45) is 8.44. The zero-order chi connectivity index (χ0) is 11.4. The summed E-state index contributed by atoms with van der Waals surface area (Å²) in [7, 11) is 2.86. The van der Waals surface area contributed by atoms with Crippen LogP contribution in [-0.2, 0) is 6.54 Å². The van der Waals surface area contributed by atoms with Crippen molar-refractivity contribution in [3.05, 3.63) is 46.5 Å². The Morgan fingerprint density at radius 3 is 2.88 bits per heavy atom. The summed E-state index contributed by atoms with van der Waals surface area (Å²) in [5.74, 6) is 0. The monoisotopic (exact) mass is 297 g/mol. The van der Waals surface area contributed by atoms with Crippen molar-refractivity contribution in [3.63, 3.8) is 0 Å². The lowest BCUT2D eigenvalue weighted by molar-refractivity contribution is 0.364. The number of nitrogens with zero attached hydrogens (tertiary/aromatic N) is 1. The fourth-order valence-electron chi connectivity index (χ4n) is 2.01. The molecular formula is C13H17BrNP. The molecule has 0 heterocycles. The van der Waals surface area contributed by atoms with Crippen LogP contribution in [-0.4, -0.2) is 10.7 Å². The van der Waals surface area contributed by atoms with Gasteiger partial charge < -0.3 is 0 Å². The van der Waals surface area contributed by atoms with E-state index in [1.54, 1.807) is 0 Å². The summed E-state index contributed by atoms with van der Waals surface area (Å²) in [6, 6.07) is 9.00. The second-order valence-electron chi connectivity index (χ2n) is 4.19. The van der Waals surface area contributed by atoms with E-state index >= 15 is 0 Å². The molecule has 2 unspecified atom stereocenters. The lowest BCUT2D eigenvalue weighted by atomic mass is 10.0. The molecule has 0 amide bonds. The van der Waals surface area contributed by atoms with Gasteiger partial charge in [-0.1, -0.05) is 55.7 Å². The van der Waals surface area contributed by atoms with Gasteiger partial charge in [-0.2, -0.15) is 0 Å². The molecule has 0 radical (unpaired) electrons. The molecule has 0 N–H and O–H groups in total. The van der Waals surface area contributed by atoms with Crippen LogP contribution in [0, 0.1) is 0 Å². The Morgan fingerprint density at radius 1 is 1.38 bits per heavy atom. The molecule has 0 saturated heterocycles. The Balaban J connectivity index is 2.01. The van der Waals surface area contributed by atoms with Gasteiger partial charge in [0.25, 0.3) is 0 Å². The van der Waals surface area contributed by atoms with Crippen LogP contribution < -0.4 is 0 Å². The van der Waals surface area contributed by atoms with Crippen molar-refractivity contribution in [2.24, 2.45) is 0 Å². The van der Waals surface area contributed by atoms with Crippen LogP contribution in [0.1, 0.15) is 24.8 Å². The standard InChI is InChI=1S/C13H17BrNP/c14-13-9-5-4-6-11(13)10-15(16)12-7-2-1-3-8-12/h2,4-7,9,12H,1,3,8,10,16H2. The smallest absolute Gasteiger partial charge is 0.0313 e. The minimum Gasteiger partial charge on any atom is -0.276 e. The van der Waals surface area contributed by atoms with Gasteiger partial charge in [0.1, 0.15) is 0 Å². The molecule has 0 saturated carbocycles. The molecule has 0 aliphatic heterocycles. The fraction of sp³-hybridized carbons (Fsp3) is 0.385. The number of benzene rings is 1. The van der Waals surface area contributed by atoms with E-state index in [1.165, 1.54) is 29.3 Å². The molecule has 16 heavy (non-hydrogen) atoms. The molecule has 0 aromatic heterocycles. The van der Waals surface area contributed by atoms with Crippen LogP contribution in [0.4, 0.5) is 0 Å². The molecule has 86 valence electrons. The van der Waals surface area contributed by atoms with Crippen LogP contribution >= 0.6 is 25.3 Å². The topological polar surface area (TPSA) is 3.24 Å². The van der Waals surface area contributed by atoms with Crippen molar-refractivity contribution in [1.82, 2.24) is 4.67 Å². The molecule has 0 fully saturated rings. The van der Waals surface area contributed by atoms with Gasteiger partial charge in [0.2, 0.25) is 0 Å².